The summed E-state index contributed by atoms with van der Waals surface area (Å²) < 4.78 is 28.3. The molecule has 26 heavy (non-hydrogen) atoms. The molecule has 2 N–H and O–H groups in total. The van der Waals surface area contributed by atoms with Crippen molar-refractivity contribution in [3.63, 3.8) is 0 Å². The van der Waals surface area contributed by atoms with Gasteiger partial charge in [-0.25, -0.2) is 13.4 Å². The predicted molar refractivity (Wildman–Crippen MR) is 96.8 cm³/mol. The molecule has 0 radical (unpaired) electrons. The van der Waals surface area contributed by atoms with Crippen LogP contribution in [-0.2, 0) is 14.8 Å². The molecule has 0 aliphatic carbocycles. The second-order valence-electron chi connectivity index (χ2n) is 6.15. The fraction of sp³-hybridized carbons (Fsp3) is 0.222. The van der Waals surface area contributed by atoms with E-state index in [0.29, 0.717) is 11.0 Å². The first-order valence-electron chi connectivity index (χ1n) is 8.33. The van der Waals surface area contributed by atoms with Gasteiger partial charge in [-0.05, 0) is 17.7 Å². The van der Waals surface area contributed by atoms with Gasteiger partial charge in [0, 0.05) is 37.3 Å². The number of nitrogens with zero attached hydrogens (tertiary/aromatic N) is 2. The maximum Gasteiger partial charge on any atom is 0.245 e. The number of rotatable bonds is 3. The van der Waals surface area contributed by atoms with Gasteiger partial charge in [0.25, 0.3) is 0 Å². The molecule has 1 saturated heterocycles. The Kier molecular flexibility index (Phi) is 4.21. The van der Waals surface area contributed by atoms with Crippen molar-refractivity contribution in [2.45, 2.75) is 17.4 Å². The van der Waals surface area contributed by atoms with Crippen LogP contribution >= 0.6 is 0 Å². The standard InChI is InChI=1S/C18H18N4O3S/c23-17-11-15(13-5-2-1-3-6-13)22(10-9-19-17)26(24,25)16-12-21-18-14(16)7-4-8-20-18/h1-8,12,15H,9-11H2,(H,19,23)(H,20,21). The van der Waals surface area contributed by atoms with E-state index in [1.165, 1.54) is 10.5 Å². The summed E-state index contributed by atoms with van der Waals surface area (Å²) >= 11 is 0. The summed E-state index contributed by atoms with van der Waals surface area (Å²) in [7, 11) is -3.82. The number of aromatic nitrogens is 2. The zero-order chi connectivity index (χ0) is 18.1. The van der Waals surface area contributed by atoms with Crippen LogP contribution in [0.5, 0.6) is 0 Å². The minimum atomic E-state index is -3.82. The first-order chi connectivity index (χ1) is 12.6. The molecule has 2 aromatic heterocycles. The molecule has 4 rings (SSSR count). The topological polar surface area (TPSA) is 95.2 Å². The summed E-state index contributed by atoms with van der Waals surface area (Å²) in [5.41, 5.74) is 1.32. The highest BCUT2D eigenvalue weighted by Gasteiger charge is 2.36. The monoisotopic (exact) mass is 370 g/mol. The molecule has 0 spiro atoms. The number of hydrogen-bond acceptors (Lipinski definition) is 4. The Morgan fingerprint density at radius 1 is 1.12 bits per heavy atom. The van der Waals surface area contributed by atoms with E-state index in [1.54, 1.807) is 18.3 Å². The van der Waals surface area contributed by atoms with Gasteiger partial charge in [0.05, 0.1) is 6.04 Å². The molecule has 1 aliphatic rings. The molecule has 0 bridgehead atoms. The lowest BCUT2D eigenvalue weighted by Gasteiger charge is -2.28. The highest BCUT2D eigenvalue weighted by molar-refractivity contribution is 7.89. The fourth-order valence-corrected chi connectivity index (χ4v) is 5.09. The van der Waals surface area contributed by atoms with Gasteiger partial charge in [0.1, 0.15) is 10.5 Å². The van der Waals surface area contributed by atoms with Crippen LogP contribution in [0.1, 0.15) is 18.0 Å². The summed E-state index contributed by atoms with van der Waals surface area (Å²) in [5, 5.41) is 3.31. The number of carbonyl (C=O) groups excluding carboxylic acids is 1. The zero-order valence-electron chi connectivity index (χ0n) is 13.9. The van der Waals surface area contributed by atoms with E-state index in [2.05, 4.69) is 15.3 Å². The van der Waals surface area contributed by atoms with Crippen LogP contribution in [0.2, 0.25) is 0 Å². The summed E-state index contributed by atoms with van der Waals surface area (Å²) in [5.74, 6) is -0.155. The van der Waals surface area contributed by atoms with Crippen molar-refractivity contribution < 1.29 is 13.2 Å². The molecule has 1 atom stereocenters. The summed E-state index contributed by atoms with van der Waals surface area (Å²) in [6.45, 7) is 0.489. The van der Waals surface area contributed by atoms with Crippen LogP contribution in [-0.4, -0.2) is 41.7 Å². The lowest BCUT2D eigenvalue weighted by Crippen LogP contribution is -2.36. The Labute approximate surface area is 151 Å². The third kappa shape index (κ3) is 2.87. The molecule has 0 saturated carbocycles. The van der Waals surface area contributed by atoms with Gasteiger partial charge >= 0.3 is 0 Å². The molecule has 1 amide bonds. The average Bonchev–Trinajstić information content (AvgIpc) is 2.99. The maximum absolute atomic E-state index is 13.4. The van der Waals surface area contributed by atoms with Crippen LogP contribution in [0.15, 0.2) is 59.8 Å². The Morgan fingerprint density at radius 2 is 1.92 bits per heavy atom. The quantitative estimate of drug-likeness (QED) is 0.735. The Hall–Kier alpha value is -2.71. The second-order valence-corrected chi connectivity index (χ2v) is 8.01. The summed E-state index contributed by atoms with van der Waals surface area (Å²) in [4.78, 5) is 19.3. The highest BCUT2D eigenvalue weighted by Crippen LogP contribution is 2.33. The third-order valence-corrected chi connectivity index (χ3v) is 6.51. The van der Waals surface area contributed by atoms with Crippen molar-refractivity contribution in [1.29, 1.82) is 0 Å². The number of pyridine rings is 1. The zero-order valence-corrected chi connectivity index (χ0v) is 14.7. The van der Waals surface area contributed by atoms with Gasteiger partial charge in [0.15, 0.2) is 0 Å². The first kappa shape index (κ1) is 16.7. The number of carbonyl (C=O) groups is 1. The predicted octanol–water partition coefficient (Wildman–Crippen LogP) is 1.81. The van der Waals surface area contributed by atoms with E-state index >= 15 is 0 Å². The van der Waals surface area contributed by atoms with Gasteiger partial charge in [-0.15, -0.1) is 0 Å². The van der Waals surface area contributed by atoms with Gasteiger partial charge < -0.3 is 10.3 Å². The van der Waals surface area contributed by atoms with Gasteiger partial charge in [0.2, 0.25) is 15.9 Å². The molecule has 8 heteroatoms. The highest BCUT2D eigenvalue weighted by atomic mass is 32.2. The van der Waals surface area contributed by atoms with Crippen molar-refractivity contribution >= 4 is 27.0 Å². The summed E-state index contributed by atoms with van der Waals surface area (Å²) in [6, 6.07) is 12.1. The maximum atomic E-state index is 13.4. The van der Waals surface area contributed by atoms with Crippen LogP contribution < -0.4 is 5.32 Å². The number of H-pyrrole nitrogens is 1. The molecular formula is C18H18N4O3S. The van der Waals surface area contributed by atoms with Crippen LogP contribution in [0.4, 0.5) is 0 Å². The Morgan fingerprint density at radius 3 is 2.73 bits per heavy atom. The van der Waals surface area contributed by atoms with Crippen molar-refractivity contribution in [1.82, 2.24) is 19.6 Å². The molecule has 134 valence electrons. The molecule has 1 unspecified atom stereocenters. The minimum absolute atomic E-state index is 0.0872. The number of fused-ring (bicyclic) bond motifs is 1. The SMILES string of the molecule is O=C1CC(c2ccccc2)N(S(=O)(=O)c2c[nH]c3ncccc23)CCN1. The number of benzene rings is 1. The smallest absolute Gasteiger partial charge is 0.245 e. The fourth-order valence-electron chi connectivity index (χ4n) is 3.33. The van der Waals surface area contributed by atoms with Crippen molar-refractivity contribution in [3.05, 3.63) is 60.4 Å². The number of hydrogen-bond donors (Lipinski definition) is 2. The Balaban J connectivity index is 1.83. The number of amides is 1. The summed E-state index contributed by atoms with van der Waals surface area (Å²) in [6.07, 6.45) is 3.16. The van der Waals surface area contributed by atoms with E-state index in [-0.39, 0.29) is 30.3 Å². The largest absolute Gasteiger partial charge is 0.355 e. The van der Waals surface area contributed by atoms with E-state index < -0.39 is 16.1 Å². The number of nitrogens with one attached hydrogen (secondary N) is 2. The van der Waals surface area contributed by atoms with E-state index in [0.717, 1.165) is 5.56 Å². The van der Waals surface area contributed by atoms with E-state index in [9.17, 15) is 13.2 Å². The van der Waals surface area contributed by atoms with Crippen LogP contribution in [0.25, 0.3) is 11.0 Å². The Bertz CT molecular complexity index is 1050. The molecule has 1 aromatic carbocycles. The molecule has 3 heterocycles. The molecule has 1 aliphatic heterocycles. The number of sulfonamides is 1. The van der Waals surface area contributed by atoms with Crippen molar-refractivity contribution in [3.8, 4) is 0 Å². The van der Waals surface area contributed by atoms with Gasteiger partial charge in [-0.3, -0.25) is 4.79 Å². The lowest BCUT2D eigenvalue weighted by molar-refractivity contribution is -0.121. The van der Waals surface area contributed by atoms with Crippen LogP contribution in [0.3, 0.4) is 0 Å². The first-order valence-corrected chi connectivity index (χ1v) is 9.77. The number of aromatic amines is 1. The van der Waals surface area contributed by atoms with E-state index in [4.69, 9.17) is 0 Å². The lowest BCUT2D eigenvalue weighted by atomic mass is 10.0. The molecule has 3 aromatic rings. The van der Waals surface area contributed by atoms with Crippen molar-refractivity contribution in [2.75, 3.05) is 13.1 Å². The van der Waals surface area contributed by atoms with Gasteiger partial charge in [-0.1, -0.05) is 30.3 Å². The van der Waals surface area contributed by atoms with E-state index in [1.807, 2.05) is 30.3 Å². The molecule has 7 nitrogen and oxygen atoms in total. The minimum Gasteiger partial charge on any atom is -0.355 e. The normalized spacial score (nSPS) is 19.2. The van der Waals surface area contributed by atoms with Crippen molar-refractivity contribution in [2.24, 2.45) is 0 Å². The molecule has 1 fully saturated rings. The van der Waals surface area contributed by atoms with Gasteiger partial charge in [-0.2, -0.15) is 4.31 Å². The van der Waals surface area contributed by atoms with Crippen LogP contribution in [0, 0.1) is 0 Å². The average molecular weight is 370 g/mol. The second kappa shape index (κ2) is 6.54. The third-order valence-electron chi connectivity index (χ3n) is 4.56. The molecular weight excluding hydrogens is 352 g/mol.